The molecule has 7 heteroatoms. The van der Waals surface area contributed by atoms with Gasteiger partial charge in [-0.05, 0) is 44.6 Å². The van der Waals surface area contributed by atoms with Gasteiger partial charge in [0.1, 0.15) is 0 Å². The summed E-state index contributed by atoms with van der Waals surface area (Å²) >= 11 is 0. The first kappa shape index (κ1) is 21.2. The molecule has 2 rings (SSSR count). The summed E-state index contributed by atoms with van der Waals surface area (Å²) in [6, 6.07) is 0. The molecule has 1 aliphatic rings. The van der Waals surface area contributed by atoms with Gasteiger partial charge in [0.15, 0.2) is 5.96 Å². The van der Waals surface area contributed by atoms with E-state index in [0.717, 1.165) is 57.7 Å². The first-order chi connectivity index (χ1) is 11.2. The standard InChI is InChI=1S/C17H31N5O.HI/c1-4-18-17(21(3)10-11-23-14-16-6-7-16)19-8-5-9-22-13-15(2)12-20-22;/h12-13,16H,4-11,14H2,1-3H3,(H,18,19);1H. The van der Waals surface area contributed by atoms with Crippen LogP contribution in [-0.2, 0) is 11.3 Å². The van der Waals surface area contributed by atoms with Gasteiger partial charge >= 0.3 is 0 Å². The normalized spacial score (nSPS) is 14.4. The monoisotopic (exact) mass is 449 g/mol. The van der Waals surface area contributed by atoms with Crippen molar-refractivity contribution in [3.63, 3.8) is 0 Å². The third-order valence-corrected chi connectivity index (χ3v) is 3.89. The van der Waals surface area contributed by atoms with E-state index in [0.29, 0.717) is 0 Å². The fourth-order valence-electron chi connectivity index (χ4n) is 2.32. The molecule has 0 amide bonds. The summed E-state index contributed by atoms with van der Waals surface area (Å²) < 4.78 is 7.69. The summed E-state index contributed by atoms with van der Waals surface area (Å²) in [4.78, 5) is 6.84. The van der Waals surface area contributed by atoms with Gasteiger partial charge in [-0.2, -0.15) is 5.10 Å². The van der Waals surface area contributed by atoms with Crippen LogP contribution in [0.3, 0.4) is 0 Å². The number of guanidine groups is 1. The zero-order valence-corrected chi connectivity index (χ0v) is 17.5. The van der Waals surface area contributed by atoms with Crippen LogP contribution >= 0.6 is 24.0 Å². The largest absolute Gasteiger partial charge is 0.379 e. The molecule has 1 aromatic heterocycles. The van der Waals surface area contributed by atoms with E-state index in [1.165, 1.54) is 18.4 Å². The first-order valence-corrected chi connectivity index (χ1v) is 8.75. The molecule has 1 saturated carbocycles. The van der Waals surface area contributed by atoms with Gasteiger partial charge in [0.25, 0.3) is 0 Å². The maximum atomic E-state index is 5.71. The van der Waals surface area contributed by atoms with Gasteiger partial charge in [-0.25, -0.2) is 0 Å². The van der Waals surface area contributed by atoms with E-state index >= 15 is 0 Å². The summed E-state index contributed by atoms with van der Waals surface area (Å²) in [5.41, 5.74) is 1.20. The van der Waals surface area contributed by atoms with Crippen molar-refractivity contribution in [2.45, 2.75) is 39.7 Å². The van der Waals surface area contributed by atoms with Gasteiger partial charge in [-0.3, -0.25) is 9.67 Å². The number of hydrogen-bond acceptors (Lipinski definition) is 3. The fraction of sp³-hybridized carbons (Fsp3) is 0.765. The Morgan fingerprint density at radius 1 is 1.50 bits per heavy atom. The van der Waals surface area contributed by atoms with E-state index in [1.807, 2.05) is 10.9 Å². The molecule has 1 fully saturated rings. The molecule has 1 aromatic rings. The molecule has 138 valence electrons. The number of likely N-dealkylation sites (N-methyl/N-ethyl adjacent to an activating group) is 1. The number of hydrogen-bond donors (Lipinski definition) is 1. The number of halogens is 1. The maximum Gasteiger partial charge on any atom is 0.193 e. The van der Waals surface area contributed by atoms with Crippen molar-refractivity contribution >= 4 is 29.9 Å². The minimum Gasteiger partial charge on any atom is -0.379 e. The average Bonchev–Trinajstić information content (AvgIpc) is 3.27. The minimum absolute atomic E-state index is 0. The Morgan fingerprint density at radius 2 is 2.29 bits per heavy atom. The number of aliphatic imine (C=N–C) groups is 1. The average molecular weight is 449 g/mol. The third-order valence-electron chi connectivity index (χ3n) is 3.89. The Kier molecular flexibility index (Phi) is 10.3. The molecular formula is C17H32IN5O. The van der Waals surface area contributed by atoms with Crippen LogP contribution in [0, 0.1) is 12.8 Å². The Morgan fingerprint density at radius 3 is 2.92 bits per heavy atom. The molecule has 1 aliphatic carbocycles. The number of aryl methyl sites for hydroxylation is 2. The molecule has 0 spiro atoms. The van der Waals surface area contributed by atoms with Gasteiger partial charge in [0.2, 0.25) is 0 Å². The highest BCUT2D eigenvalue weighted by Crippen LogP contribution is 2.28. The summed E-state index contributed by atoms with van der Waals surface area (Å²) in [7, 11) is 2.07. The molecule has 6 nitrogen and oxygen atoms in total. The molecular weight excluding hydrogens is 417 g/mol. The summed E-state index contributed by atoms with van der Waals surface area (Å²) in [6.45, 7) is 9.31. The van der Waals surface area contributed by atoms with Gasteiger partial charge < -0.3 is 15.0 Å². The van der Waals surface area contributed by atoms with Crippen molar-refractivity contribution in [1.29, 1.82) is 0 Å². The fourth-order valence-corrected chi connectivity index (χ4v) is 2.32. The molecule has 0 saturated heterocycles. The van der Waals surface area contributed by atoms with Crippen LogP contribution < -0.4 is 5.32 Å². The molecule has 0 unspecified atom stereocenters. The zero-order valence-electron chi connectivity index (χ0n) is 15.2. The molecule has 0 aromatic carbocycles. The maximum absolute atomic E-state index is 5.71. The van der Waals surface area contributed by atoms with E-state index in [9.17, 15) is 0 Å². The van der Waals surface area contributed by atoms with Crippen LogP contribution in [0.15, 0.2) is 17.4 Å². The lowest BCUT2D eigenvalue weighted by Gasteiger charge is -2.22. The lowest BCUT2D eigenvalue weighted by molar-refractivity contribution is 0.115. The van der Waals surface area contributed by atoms with Crippen LogP contribution in [0.25, 0.3) is 0 Å². The van der Waals surface area contributed by atoms with Gasteiger partial charge in [0.05, 0.1) is 12.8 Å². The molecule has 0 atom stereocenters. The van der Waals surface area contributed by atoms with Gasteiger partial charge in [0, 0.05) is 46.0 Å². The van der Waals surface area contributed by atoms with Crippen LogP contribution in [0.5, 0.6) is 0 Å². The highest BCUT2D eigenvalue weighted by molar-refractivity contribution is 14.0. The van der Waals surface area contributed by atoms with Crippen molar-refractivity contribution in [3.8, 4) is 0 Å². The third kappa shape index (κ3) is 8.32. The van der Waals surface area contributed by atoms with Gasteiger partial charge in [-0.1, -0.05) is 0 Å². The molecule has 0 bridgehead atoms. The molecule has 0 radical (unpaired) electrons. The lowest BCUT2D eigenvalue weighted by atomic mass is 10.4. The Hall–Kier alpha value is -0.830. The van der Waals surface area contributed by atoms with Crippen molar-refractivity contribution < 1.29 is 4.74 Å². The number of nitrogens with one attached hydrogen (secondary N) is 1. The zero-order chi connectivity index (χ0) is 16.5. The second kappa shape index (κ2) is 11.7. The Labute approximate surface area is 163 Å². The highest BCUT2D eigenvalue weighted by Gasteiger charge is 2.21. The smallest absolute Gasteiger partial charge is 0.193 e. The minimum atomic E-state index is 0. The first-order valence-electron chi connectivity index (χ1n) is 8.75. The molecule has 1 N–H and O–H groups in total. The molecule has 24 heavy (non-hydrogen) atoms. The molecule has 1 heterocycles. The van der Waals surface area contributed by atoms with E-state index in [2.05, 4.69) is 42.4 Å². The number of nitrogens with zero attached hydrogens (tertiary/aromatic N) is 4. The predicted molar refractivity (Wildman–Crippen MR) is 109 cm³/mol. The summed E-state index contributed by atoms with van der Waals surface area (Å²) in [5, 5.41) is 7.64. The number of rotatable bonds is 10. The second-order valence-electron chi connectivity index (χ2n) is 6.31. The Bertz CT molecular complexity index is 487. The van der Waals surface area contributed by atoms with Crippen LogP contribution in [-0.4, -0.2) is 60.5 Å². The predicted octanol–water partition coefficient (Wildman–Crippen LogP) is 2.52. The van der Waals surface area contributed by atoms with E-state index in [1.54, 1.807) is 0 Å². The van der Waals surface area contributed by atoms with Crippen LogP contribution in [0.1, 0.15) is 31.7 Å². The number of aromatic nitrogens is 2. The van der Waals surface area contributed by atoms with Crippen LogP contribution in [0.4, 0.5) is 0 Å². The molecule has 0 aliphatic heterocycles. The van der Waals surface area contributed by atoms with Gasteiger partial charge in [-0.15, -0.1) is 24.0 Å². The SMILES string of the molecule is CCNC(=NCCCn1cc(C)cn1)N(C)CCOCC1CC1.I. The van der Waals surface area contributed by atoms with Crippen molar-refractivity contribution in [2.75, 3.05) is 39.9 Å². The quantitative estimate of drug-likeness (QED) is 0.258. The van der Waals surface area contributed by atoms with Crippen molar-refractivity contribution in [1.82, 2.24) is 20.0 Å². The van der Waals surface area contributed by atoms with Crippen molar-refractivity contribution in [2.24, 2.45) is 10.9 Å². The second-order valence-corrected chi connectivity index (χ2v) is 6.31. The lowest BCUT2D eigenvalue weighted by Crippen LogP contribution is -2.40. The van der Waals surface area contributed by atoms with E-state index in [-0.39, 0.29) is 24.0 Å². The topological polar surface area (TPSA) is 54.7 Å². The number of ether oxygens (including phenoxy) is 1. The highest BCUT2D eigenvalue weighted by atomic mass is 127. The Balaban J connectivity index is 0.00000288. The summed E-state index contributed by atoms with van der Waals surface area (Å²) in [5.74, 6) is 1.78. The summed E-state index contributed by atoms with van der Waals surface area (Å²) in [6.07, 6.45) is 7.63. The van der Waals surface area contributed by atoms with Crippen molar-refractivity contribution in [3.05, 3.63) is 18.0 Å². The van der Waals surface area contributed by atoms with E-state index in [4.69, 9.17) is 9.73 Å². The van der Waals surface area contributed by atoms with Crippen LogP contribution in [0.2, 0.25) is 0 Å². The van der Waals surface area contributed by atoms with E-state index < -0.39 is 0 Å².